The lowest BCUT2D eigenvalue weighted by Gasteiger charge is -2.32. The molecule has 176 valence electrons. The second-order valence-electron chi connectivity index (χ2n) is 8.54. The molecule has 0 saturated carbocycles. The molecule has 1 aromatic carbocycles. The average Bonchev–Trinajstić information content (AvgIpc) is 3.02. The summed E-state index contributed by atoms with van der Waals surface area (Å²) in [6.45, 7) is 8.14. The molecule has 9 nitrogen and oxygen atoms in total. The maximum Gasteiger partial charge on any atom is 0.492 e. The van der Waals surface area contributed by atoms with E-state index in [0.29, 0.717) is 16.9 Å². The van der Waals surface area contributed by atoms with Gasteiger partial charge in [-0.15, -0.1) is 0 Å². The molecular weight excluding hydrogens is 425 g/mol. The highest BCUT2D eigenvalue weighted by atomic mass is 16.7. The third-order valence-electron chi connectivity index (χ3n) is 5.68. The Kier molecular flexibility index (Phi) is 7.60. The van der Waals surface area contributed by atoms with Crippen molar-refractivity contribution in [3.05, 3.63) is 53.1 Å². The number of ether oxygens (including phenoxy) is 3. The van der Waals surface area contributed by atoms with Crippen LogP contribution in [0.1, 0.15) is 38.8 Å². The highest BCUT2D eigenvalue weighted by Crippen LogP contribution is 2.39. The first-order valence-corrected chi connectivity index (χ1v) is 10.6. The topological polar surface area (TPSA) is 101 Å². The van der Waals surface area contributed by atoms with Crippen LogP contribution in [0, 0.1) is 0 Å². The Morgan fingerprint density at radius 2 is 1.76 bits per heavy atom. The Morgan fingerprint density at radius 3 is 2.36 bits per heavy atom. The Balaban J connectivity index is 1.79. The van der Waals surface area contributed by atoms with Crippen molar-refractivity contribution in [3.63, 3.8) is 0 Å². The van der Waals surface area contributed by atoms with E-state index in [4.69, 9.17) is 23.5 Å². The van der Waals surface area contributed by atoms with E-state index in [9.17, 15) is 4.79 Å². The van der Waals surface area contributed by atoms with E-state index in [1.807, 2.05) is 58.0 Å². The number of hydrogen-bond acceptors (Lipinski definition) is 8. The van der Waals surface area contributed by atoms with Crippen LogP contribution in [-0.2, 0) is 20.7 Å². The van der Waals surface area contributed by atoms with Gasteiger partial charge in [0.15, 0.2) is 0 Å². The van der Waals surface area contributed by atoms with Crippen LogP contribution in [0.15, 0.2) is 42.0 Å². The quantitative estimate of drug-likeness (QED) is 0.605. The molecule has 2 heterocycles. The first kappa shape index (κ1) is 24.5. The van der Waals surface area contributed by atoms with E-state index >= 15 is 0 Å². The third kappa shape index (κ3) is 6.03. The van der Waals surface area contributed by atoms with Crippen molar-refractivity contribution >= 4 is 19.3 Å². The molecule has 1 N–H and O–H groups in total. The van der Waals surface area contributed by atoms with Gasteiger partial charge in [-0.25, -0.2) is 9.78 Å². The largest absolute Gasteiger partial charge is 0.492 e. The summed E-state index contributed by atoms with van der Waals surface area (Å²) >= 11 is 0. The van der Waals surface area contributed by atoms with Crippen molar-refractivity contribution in [1.82, 2.24) is 15.3 Å². The maximum atomic E-state index is 12.3. The first-order valence-electron chi connectivity index (χ1n) is 10.6. The summed E-state index contributed by atoms with van der Waals surface area (Å²) in [5.74, 6) is 0.322. The summed E-state index contributed by atoms with van der Waals surface area (Å²) in [7, 11) is 2.29. The maximum absolute atomic E-state index is 12.3. The van der Waals surface area contributed by atoms with E-state index in [2.05, 4.69) is 15.3 Å². The second kappa shape index (κ2) is 10.2. The zero-order valence-electron chi connectivity index (χ0n) is 19.9. The van der Waals surface area contributed by atoms with Gasteiger partial charge in [-0.1, -0.05) is 36.4 Å². The van der Waals surface area contributed by atoms with Gasteiger partial charge in [0.2, 0.25) is 5.88 Å². The van der Waals surface area contributed by atoms with E-state index < -0.39 is 24.4 Å². The number of amides is 1. The van der Waals surface area contributed by atoms with Gasteiger partial charge < -0.3 is 28.8 Å². The highest BCUT2D eigenvalue weighted by molar-refractivity contribution is 6.56. The van der Waals surface area contributed by atoms with Crippen molar-refractivity contribution in [2.45, 2.75) is 45.5 Å². The lowest BCUT2D eigenvalue weighted by molar-refractivity contribution is 0.00578. The van der Waals surface area contributed by atoms with Gasteiger partial charge in [-0.05, 0) is 38.7 Å². The smallest absolute Gasteiger partial charge is 0.480 e. The van der Waals surface area contributed by atoms with Gasteiger partial charge in [0.05, 0.1) is 31.0 Å². The Hall–Kier alpha value is -3.11. The van der Waals surface area contributed by atoms with Crippen LogP contribution in [0.4, 0.5) is 4.79 Å². The standard InChI is InChI=1S/C23H30BN3O6/c1-22(2)23(3,4)33-24(32-22)18(12-17-13-25-20(30-6)27-19(17)29-5)14-26-21(28)31-15-16-10-8-7-9-11-16/h7-13H,14-15H2,1-6H3,(H,26,28). The minimum absolute atomic E-state index is 0.125. The number of aromatic nitrogens is 2. The number of benzene rings is 1. The lowest BCUT2D eigenvalue weighted by atomic mass is 9.77. The summed E-state index contributed by atoms with van der Waals surface area (Å²) in [6, 6.07) is 9.64. The molecular formula is C23H30BN3O6. The zero-order valence-corrected chi connectivity index (χ0v) is 19.9. The molecule has 3 rings (SSSR count). The molecule has 1 amide bonds. The van der Waals surface area contributed by atoms with Crippen molar-refractivity contribution in [2.24, 2.45) is 0 Å². The number of nitrogens with zero attached hydrogens (tertiary/aromatic N) is 2. The Morgan fingerprint density at radius 1 is 1.09 bits per heavy atom. The fourth-order valence-corrected chi connectivity index (χ4v) is 3.07. The molecule has 0 spiro atoms. The molecule has 0 atom stereocenters. The zero-order chi connectivity index (χ0) is 24.1. The van der Waals surface area contributed by atoms with E-state index in [1.54, 1.807) is 12.3 Å². The van der Waals surface area contributed by atoms with Crippen LogP contribution in [0.2, 0.25) is 0 Å². The van der Waals surface area contributed by atoms with Gasteiger partial charge in [0.1, 0.15) is 6.61 Å². The number of carbonyl (C=O) groups excluding carboxylic acids is 1. The molecule has 0 bridgehead atoms. The van der Waals surface area contributed by atoms with Crippen LogP contribution in [-0.4, -0.2) is 55.1 Å². The molecule has 1 aliphatic rings. The molecule has 1 saturated heterocycles. The predicted molar refractivity (Wildman–Crippen MR) is 124 cm³/mol. The average molecular weight is 455 g/mol. The fourth-order valence-electron chi connectivity index (χ4n) is 3.07. The first-order chi connectivity index (χ1) is 15.6. The number of rotatable bonds is 8. The van der Waals surface area contributed by atoms with Crippen LogP contribution in [0.25, 0.3) is 6.08 Å². The molecule has 10 heteroatoms. The van der Waals surface area contributed by atoms with Crippen LogP contribution in [0.3, 0.4) is 0 Å². The molecule has 0 aliphatic carbocycles. The van der Waals surface area contributed by atoms with Gasteiger partial charge in [-0.3, -0.25) is 0 Å². The minimum Gasteiger partial charge on any atom is -0.480 e. The fraction of sp³-hybridized carbons (Fsp3) is 0.435. The number of nitrogens with one attached hydrogen (secondary N) is 1. The van der Waals surface area contributed by atoms with Crippen LogP contribution in [0.5, 0.6) is 11.9 Å². The normalized spacial score (nSPS) is 16.9. The second-order valence-corrected chi connectivity index (χ2v) is 8.54. The van der Waals surface area contributed by atoms with E-state index in [-0.39, 0.29) is 19.2 Å². The highest BCUT2D eigenvalue weighted by Gasteiger charge is 2.52. The monoisotopic (exact) mass is 455 g/mol. The van der Waals surface area contributed by atoms with Gasteiger partial charge in [0.25, 0.3) is 0 Å². The van der Waals surface area contributed by atoms with Crippen molar-refractivity contribution in [3.8, 4) is 11.9 Å². The number of carbonyl (C=O) groups is 1. The van der Waals surface area contributed by atoms with Crippen molar-refractivity contribution in [1.29, 1.82) is 0 Å². The summed E-state index contributed by atoms with van der Waals surface area (Å²) in [5.41, 5.74) is 1.03. The van der Waals surface area contributed by atoms with Gasteiger partial charge in [-0.2, -0.15) is 4.98 Å². The summed E-state index contributed by atoms with van der Waals surface area (Å²) in [5, 5.41) is 2.77. The Bertz CT molecular complexity index is 981. The molecule has 33 heavy (non-hydrogen) atoms. The Labute approximate surface area is 194 Å². The van der Waals surface area contributed by atoms with Gasteiger partial charge in [0, 0.05) is 12.7 Å². The molecule has 1 aliphatic heterocycles. The minimum atomic E-state index is -0.698. The molecule has 0 unspecified atom stereocenters. The van der Waals surface area contributed by atoms with Gasteiger partial charge >= 0.3 is 19.2 Å². The summed E-state index contributed by atoms with van der Waals surface area (Å²) in [6.07, 6.45) is 2.79. The predicted octanol–water partition coefficient (Wildman–Crippen LogP) is 3.44. The molecule has 1 fully saturated rings. The van der Waals surface area contributed by atoms with E-state index in [1.165, 1.54) is 14.2 Å². The SMILES string of the molecule is COc1ncc(C=C(CNC(=O)OCc2ccccc2)B2OC(C)(C)C(C)(C)O2)c(OC)n1. The number of hydrogen-bond donors (Lipinski definition) is 1. The van der Waals surface area contributed by atoms with Crippen molar-refractivity contribution in [2.75, 3.05) is 20.8 Å². The van der Waals surface area contributed by atoms with Crippen LogP contribution < -0.4 is 14.8 Å². The molecule has 2 aromatic rings. The number of alkyl carbamates (subject to hydrolysis) is 1. The molecule has 0 radical (unpaired) electrons. The van der Waals surface area contributed by atoms with E-state index in [0.717, 1.165) is 5.56 Å². The third-order valence-corrected chi connectivity index (χ3v) is 5.68. The number of methoxy groups -OCH3 is 2. The molecule has 1 aromatic heterocycles. The summed E-state index contributed by atoms with van der Waals surface area (Å²) in [4.78, 5) is 20.7. The van der Waals surface area contributed by atoms with Crippen LogP contribution >= 0.6 is 0 Å². The lowest BCUT2D eigenvalue weighted by Crippen LogP contribution is -2.41. The van der Waals surface area contributed by atoms with Crippen molar-refractivity contribution < 1.29 is 28.3 Å². The summed E-state index contributed by atoms with van der Waals surface area (Å²) < 4.78 is 28.1.